The van der Waals surface area contributed by atoms with Gasteiger partial charge in [0.05, 0.1) is 12.2 Å². The van der Waals surface area contributed by atoms with Crippen LogP contribution in [0.1, 0.15) is 11.1 Å². The van der Waals surface area contributed by atoms with Gasteiger partial charge in [-0.05, 0) is 55.0 Å². The molecule has 0 spiro atoms. The molecule has 4 nitrogen and oxygen atoms in total. The van der Waals surface area contributed by atoms with Crippen LogP contribution in [0.25, 0.3) is 6.08 Å². The van der Waals surface area contributed by atoms with Crippen LogP contribution in [0.15, 0.2) is 82.7 Å². The Bertz CT molecular complexity index is 1040. The molecule has 1 saturated heterocycles. The molecule has 1 aliphatic rings. The minimum Gasteiger partial charge on any atom is -0.504 e. The van der Waals surface area contributed by atoms with Crippen LogP contribution in [0.2, 0.25) is 0 Å². The van der Waals surface area contributed by atoms with Crippen LogP contribution in [-0.2, 0) is 0 Å². The molecule has 1 heterocycles. The maximum absolute atomic E-state index is 9.75. The summed E-state index contributed by atoms with van der Waals surface area (Å²) in [4.78, 5) is 8.14. The number of aromatic hydroxyl groups is 2. The topological polar surface area (TPSA) is 56.1 Å². The molecule has 0 unspecified atom stereocenters. The summed E-state index contributed by atoms with van der Waals surface area (Å²) in [5, 5.41) is 20.2. The number of aliphatic imine (C=N–C) groups is 1. The number of phenols is 2. The number of hydrogen-bond acceptors (Lipinski definition) is 4. The molecule has 0 saturated carbocycles. The van der Waals surface area contributed by atoms with Gasteiger partial charge in [0.25, 0.3) is 0 Å². The summed E-state index contributed by atoms with van der Waals surface area (Å²) in [6, 6.07) is 23.2. The van der Waals surface area contributed by atoms with Crippen LogP contribution < -0.4 is 4.90 Å². The van der Waals surface area contributed by atoms with Crippen molar-refractivity contribution in [3.8, 4) is 11.5 Å². The van der Waals surface area contributed by atoms with E-state index in [2.05, 4.69) is 36.1 Å². The zero-order valence-electron chi connectivity index (χ0n) is 15.4. The van der Waals surface area contributed by atoms with Crippen molar-refractivity contribution < 1.29 is 10.2 Å². The Morgan fingerprint density at radius 2 is 1.68 bits per heavy atom. The van der Waals surface area contributed by atoms with Gasteiger partial charge in [0.15, 0.2) is 16.7 Å². The molecular formula is C23H20N2O2S. The fraction of sp³-hybridized carbons (Fsp3) is 0.0870. The van der Waals surface area contributed by atoms with E-state index in [0.29, 0.717) is 6.54 Å². The zero-order chi connectivity index (χ0) is 19.5. The third-order valence-corrected chi connectivity index (χ3v) is 5.42. The first-order chi connectivity index (χ1) is 13.6. The number of hydrogen-bond donors (Lipinski definition) is 2. The zero-order valence-corrected chi connectivity index (χ0v) is 16.2. The Kier molecular flexibility index (Phi) is 5.08. The van der Waals surface area contributed by atoms with Crippen molar-refractivity contribution in [1.29, 1.82) is 0 Å². The highest BCUT2D eigenvalue weighted by atomic mass is 32.2. The minimum atomic E-state index is -0.120. The van der Waals surface area contributed by atoms with Gasteiger partial charge in [0.1, 0.15) is 0 Å². The van der Waals surface area contributed by atoms with Crippen molar-refractivity contribution in [1.82, 2.24) is 0 Å². The van der Waals surface area contributed by atoms with Gasteiger partial charge in [0.2, 0.25) is 0 Å². The molecule has 1 aliphatic heterocycles. The van der Waals surface area contributed by atoms with E-state index in [-0.39, 0.29) is 11.5 Å². The Morgan fingerprint density at radius 3 is 2.39 bits per heavy atom. The lowest BCUT2D eigenvalue weighted by molar-refractivity contribution is 0.403. The molecule has 0 amide bonds. The normalized spacial score (nSPS) is 16.8. The fourth-order valence-electron chi connectivity index (χ4n) is 2.94. The highest BCUT2D eigenvalue weighted by Gasteiger charge is 2.25. The van der Waals surface area contributed by atoms with Crippen molar-refractivity contribution in [3.63, 3.8) is 0 Å². The van der Waals surface area contributed by atoms with Gasteiger partial charge in [-0.2, -0.15) is 0 Å². The Morgan fingerprint density at radius 1 is 0.929 bits per heavy atom. The average molecular weight is 388 g/mol. The summed E-state index contributed by atoms with van der Waals surface area (Å²) in [7, 11) is 0. The Balaban J connectivity index is 1.69. The molecule has 140 valence electrons. The lowest BCUT2D eigenvalue weighted by Crippen LogP contribution is -2.23. The second kappa shape index (κ2) is 7.82. The number of aryl methyl sites for hydroxylation is 1. The summed E-state index contributed by atoms with van der Waals surface area (Å²) >= 11 is 1.61. The third kappa shape index (κ3) is 4.05. The maximum Gasteiger partial charge on any atom is 0.173 e. The summed E-state index contributed by atoms with van der Waals surface area (Å²) in [6.45, 7) is 2.76. The predicted molar refractivity (Wildman–Crippen MR) is 117 cm³/mol. The molecule has 0 atom stereocenters. The number of para-hydroxylation sites is 1. The highest BCUT2D eigenvalue weighted by molar-refractivity contribution is 8.18. The summed E-state index contributed by atoms with van der Waals surface area (Å²) < 4.78 is 0. The number of phenolic OH excluding ortho intramolecular Hbond substituents is 2. The van der Waals surface area contributed by atoms with Crippen LogP contribution in [0.5, 0.6) is 11.5 Å². The Labute approximate surface area is 168 Å². The number of anilines is 1. The van der Waals surface area contributed by atoms with Crippen LogP contribution in [0, 0.1) is 6.92 Å². The number of benzene rings is 3. The third-order valence-electron chi connectivity index (χ3n) is 4.42. The molecule has 4 rings (SSSR count). The first-order valence-electron chi connectivity index (χ1n) is 8.97. The quantitative estimate of drug-likeness (QED) is 0.566. The van der Waals surface area contributed by atoms with E-state index >= 15 is 0 Å². The van der Waals surface area contributed by atoms with Gasteiger partial charge in [-0.3, -0.25) is 0 Å². The van der Waals surface area contributed by atoms with E-state index in [1.807, 2.05) is 36.4 Å². The van der Waals surface area contributed by atoms with Gasteiger partial charge < -0.3 is 15.1 Å². The van der Waals surface area contributed by atoms with Crippen molar-refractivity contribution >= 4 is 34.4 Å². The molecule has 0 aliphatic carbocycles. The summed E-state index contributed by atoms with van der Waals surface area (Å²) in [5.74, 6) is -0.237. The van der Waals surface area contributed by atoms with E-state index in [1.165, 1.54) is 11.6 Å². The van der Waals surface area contributed by atoms with Crippen LogP contribution in [-0.4, -0.2) is 21.9 Å². The van der Waals surface area contributed by atoms with Crippen molar-refractivity contribution in [2.45, 2.75) is 6.92 Å². The van der Waals surface area contributed by atoms with Crippen LogP contribution in [0.4, 0.5) is 11.4 Å². The Hall–Kier alpha value is -3.18. The average Bonchev–Trinajstić information content (AvgIpc) is 3.09. The van der Waals surface area contributed by atoms with Gasteiger partial charge in [-0.25, -0.2) is 4.99 Å². The van der Waals surface area contributed by atoms with E-state index < -0.39 is 0 Å². The molecule has 3 aromatic rings. The van der Waals surface area contributed by atoms with Crippen molar-refractivity contribution in [2.24, 2.45) is 4.99 Å². The molecule has 0 radical (unpaired) electrons. The molecule has 3 aromatic carbocycles. The monoisotopic (exact) mass is 388 g/mol. The maximum atomic E-state index is 9.75. The number of nitrogens with zero attached hydrogens (tertiary/aromatic N) is 2. The molecule has 0 bridgehead atoms. The lowest BCUT2D eigenvalue weighted by Gasteiger charge is -2.17. The van der Waals surface area contributed by atoms with Crippen molar-refractivity contribution in [2.75, 3.05) is 11.4 Å². The van der Waals surface area contributed by atoms with Gasteiger partial charge >= 0.3 is 0 Å². The van der Waals surface area contributed by atoms with E-state index in [0.717, 1.165) is 27.0 Å². The van der Waals surface area contributed by atoms with Crippen molar-refractivity contribution in [3.05, 3.63) is 88.8 Å². The number of rotatable bonds is 3. The molecule has 1 fully saturated rings. The number of thioether (sulfide) groups is 1. The molecule has 5 heteroatoms. The smallest absolute Gasteiger partial charge is 0.173 e. The van der Waals surface area contributed by atoms with E-state index in [9.17, 15) is 10.2 Å². The minimum absolute atomic E-state index is 0.117. The summed E-state index contributed by atoms with van der Waals surface area (Å²) in [5.41, 5.74) is 4.04. The van der Waals surface area contributed by atoms with E-state index in [4.69, 9.17) is 4.99 Å². The van der Waals surface area contributed by atoms with Gasteiger partial charge in [0, 0.05) is 10.6 Å². The van der Waals surface area contributed by atoms with Gasteiger partial charge in [-0.15, -0.1) is 0 Å². The molecule has 2 N–H and O–H groups in total. The molecule has 28 heavy (non-hydrogen) atoms. The molecular weight excluding hydrogens is 368 g/mol. The van der Waals surface area contributed by atoms with Crippen LogP contribution >= 0.6 is 11.8 Å². The first kappa shape index (κ1) is 18.2. The summed E-state index contributed by atoms with van der Waals surface area (Å²) in [6.07, 6.45) is 2.01. The highest BCUT2D eigenvalue weighted by Crippen LogP contribution is 2.37. The van der Waals surface area contributed by atoms with E-state index in [1.54, 1.807) is 23.9 Å². The second-order valence-corrected chi connectivity index (χ2v) is 7.71. The molecule has 0 aromatic heterocycles. The SMILES string of the molecule is Cc1ccc(/N=C2\S/C(=C\c3ccc(O)c(O)c3)CN2c2ccccc2)cc1. The largest absolute Gasteiger partial charge is 0.504 e. The lowest BCUT2D eigenvalue weighted by atomic mass is 10.2. The van der Waals surface area contributed by atoms with Crippen LogP contribution in [0.3, 0.4) is 0 Å². The standard InChI is InChI=1S/C23H20N2O2S/c1-16-7-10-18(11-8-16)24-23-25(19-5-3-2-4-6-19)15-20(28-23)13-17-9-12-21(26)22(27)14-17/h2-14,26-27H,15H2,1H3/b20-13-,24-23-. The fourth-order valence-corrected chi connectivity index (χ4v) is 4.00. The second-order valence-electron chi connectivity index (χ2n) is 6.61. The first-order valence-corrected chi connectivity index (χ1v) is 9.78. The predicted octanol–water partition coefficient (Wildman–Crippen LogP) is 5.69. The van der Waals surface area contributed by atoms with Gasteiger partial charge in [-0.1, -0.05) is 53.7 Å². The number of amidine groups is 1.